The van der Waals surface area contributed by atoms with Gasteiger partial charge in [0.05, 0.1) is 19.6 Å². The van der Waals surface area contributed by atoms with Crippen LogP contribution in [0.1, 0.15) is 62.6 Å². The van der Waals surface area contributed by atoms with Crippen LogP contribution in [0.3, 0.4) is 0 Å². The maximum Gasteiger partial charge on any atom is 0.328 e. The average Bonchev–Trinajstić information content (AvgIpc) is 3.13. The van der Waals surface area contributed by atoms with Gasteiger partial charge in [0.2, 0.25) is 11.8 Å². The van der Waals surface area contributed by atoms with Crippen molar-refractivity contribution in [3.63, 3.8) is 0 Å². The van der Waals surface area contributed by atoms with Crippen LogP contribution in [-0.2, 0) is 25.5 Å². The van der Waals surface area contributed by atoms with Crippen molar-refractivity contribution in [1.29, 1.82) is 0 Å². The molecule has 2 aliphatic heterocycles. The number of benzene rings is 1. The molecule has 0 bridgehead atoms. The third kappa shape index (κ3) is 3.65. The van der Waals surface area contributed by atoms with E-state index in [-0.39, 0.29) is 36.3 Å². The van der Waals surface area contributed by atoms with E-state index in [2.05, 4.69) is 6.07 Å². The third-order valence-corrected chi connectivity index (χ3v) is 7.03. The van der Waals surface area contributed by atoms with E-state index in [9.17, 15) is 14.4 Å². The molecule has 4 unspecified atom stereocenters. The van der Waals surface area contributed by atoms with Gasteiger partial charge in [-0.2, -0.15) is 0 Å². The van der Waals surface area contributed by atoms with Gasteiger partial charge in [0.1, 0.15) is 6.04 Å². The summed E-state index contributed by atoms with van der Waals surface area (Å²) in [7, 11) is 1.39. The fourth-order valence-corrected chi connectivity index (χ4v) is 5.68. The third-order valence-electron chi connectivity index (χ3n) is 7.03. The predicted octanol–water partition coefficient (Wildman–Crippen LogP) is 2.86. The van der Waals surface area contributed by atoms with Gasteiger partial charge in [-0.1, -0.05) is 37.1 Å². The Hall–Kier alpha value is -2.37. The lowest BCUT2D eigenvalue weighted by molar-refractivity contribution is -0.153. The van der Waals surface area contributed by atoms with Crippen LogP contribution in [0.15, 0.2) is 24.3 Å². The molecule has 0 N–H and O–H groups in total. The molecule has 4 atom stereocenters. The molecule has 1 aliphatic carbocycles. The summed E-state index contributed by atoms with van der Waals surface area (Å²) in [5, 5.41) is 0. The Labute approximate surface area is 172 Å². The number of fused-ring (bicyclic) bond motifs is 2. The maximum atomic E-state index is 13.6. The SMILES string of the molecule is COC(=O)C1CC2CCCCC2N1C(=O)CC1c2ccccc2CCN1C(C)=O. The van der Waals surface area contributed by atoms with Crippen molar-refractivity contribution in [3.05, 3.63) is 35.4 Å². The van der Waals surface area contributed by atoms with Gasteiger partial charge < -0.3 is 14.5 Å². The van der Waals surface area contributed by atoms with Crippen LogP contribution >= 0.6 is 0 Å². The highest BCUT2D eigenvalue weighted by Crippen LogP contribution is 2.42. The molecule has 2 heterocycles. The van der Waals surface area contributed by atoms with Gasteiger partial charge in [-0.3, -0.25) is 9.59 Å². The maximum absolute atomic E-state index is 13.6. The molecule has 6 nitrogen and oxygen atoms in total. The Balaban J connectivity index is 1.62. The highest BCUT2D eigenvalue weighted by atomic mass is 16.5. The number of likely N-dealkylation sites (tertiary alicyclic amines) is 1. The molecule has 4 rings (SSSR count). The molecule has 156 valence electrons. The minimum absolute atomic E-state index is 0.0150. The predicted molar refractivity (Wildman–Crippen MR) is 108 cm³/mol. The summed E-state index contributed by atoms with van der Waals surface area (Å²) >= 11 is 0. The molecule has 1 saturated carbocycles. The summed E-state index contributed by atoms with van der Waals surface area (Å²) in [6, 6.07) is 7.41. The Morgan fingerprint density at radius 2 is 1.90 bits per heavy atom. The first kappa shape index (κ1) is 19.9. The number of carbonyl (C=O) groups excluding carboxylic acids is 3. The normalized spacial score (nSPS) is 28.5. The minimum Gasteiger partial charge on any atom is -0.467 e. The molecule has 3 aliphatic rings. The van der Waals surface area contributed by atoms with Crippen LogP contribution in [0.4, 0.5) is 0 Å². The van der Waals surface area contributed by atoms with Gasteiger partial charge in [-0.05, 0) is 42.7 Å². The summed E-state index contributed by atoms with van der Waals surface area (Å²) in [5.41, 5.74) is 2.25. The fraction of sp³-hybridized carbons (Fsp3) is 0.609. The zero-order valence-corrected chi connectivity index (χ0v) is 17.3. The number of esters is 1. The van der Waals surface area contributed by atoms with Crippen molar-refractivity contribution in [2.45, 2.75) is 70.0 Å². The second-order valence-corrected chi connectivity index (χ2v) is 8.57. The van der Waals surface area contributed by atoms with Gasteiger partial charge in [0.15, 0.2) is 0 Å². The van der Waals surface area contributed by atoms with E-state index in [1.807, 2.05) is 28.0 Å². The lowest BCUT2D eigenvalue weighted by atomic mass is 9.84. The zero-order chi connectivity index (χ0) is 20.5. The second-order valence-electron chi connectivity index (χ2n) is 8.57. The van der Waals surface area contributed by atoms with Crippen molar-refractivity contribution < 1.29 is 19.1 Å². The van der Waals surface area contributed by atoms with Crippen LogP contribution in [0.25, 0.3) is 0 Å². The molecule has 1 aromatic carbocycles. The van der Waals surface area contributed by atoms with E-state index in [1.165, 1.54) is 12.7 Å². The molecule has 29 heavy (non-hydrogen) atoms. The molecule has 2 fully saturated rings. The van der Waals surface area contributed by atoms with Crippen molar-refractivity contribution in [1.82, 2.24) is 9.80 Å². The van der Waals surface area contributed by atoms with Gasteiger partial charge in [0, 0.05) is 19.5 Å². The highest BCUT2D eigenvalue weighted by molar-refractivity contribution is 5.86. The first-order valence-electron chi connectivity index (χ1n) is 10.7. The molecule has 6 heteroatoms. The van der Waals surface area contributed by atoms with Crippen LogP contribution in [0.2, 0.25) is 0 Å². The van der Waals surface area contributed by atoms with Gasteiger partial charge in [0.25, 0.3) is 0 Å². The van der Waals surface area contributed by atoms with Crippen LogP contribution in [0.5, 0.6) is 0 Å². The highest BCUT2D eigenvalue weighted by Gasteiger charge is 2.48. The van der Waals surface area contributed by atoms with Crippen molar-refractivity contribution in [3.8, 4) is 0 Å². The second kappa shape index (κ2) is 8.17. The molecular formula is C23H30N2O4. The van der Waals surface area contributed by atoms with Crippen LogP contribution in [-0.4, -0.2) is 53.3 Å². The Morgan fingerprint density at radius 3 is 2.66 bits per heavy atom. The molecule has 0 spiro atoms. The van der Waals surface area contributed by atoms with E-state index in [0.29, 0.717) is 18.9 Å². The number of ether oxygens (including phenoxy) is 1. The summed E-state index contributed by atoms with van der Waals surface area (Å²) in [6.45, 7) is 2.19. The standard InChI is InChI=1S/C23H30N2O4/c1-15(26)24-12-11-16-7-3-5-9-18(16)20(24)14-22(27)25-19-10-6-4-8-17(19)13-21(25)23(28)29-2/h3,5,7,9,17,19-21H,4,6,8,10-14H2,1-2H3. The van der Waals surface area contributed by atoms with Gasteiger partial charge in [-0.25, -0.2) is 4.79 Å². The fourth-order valence-electron chi connectivity index (χ4n) is 5.68. The smallest absolute Gasteiger partial charge is 0.328 e. The van der Waals surface area contributed by atoms with Crippen molar-refractivity contribution in [2.75, 3.05) is 13.7 Å². The molecular weight excluding hydrogens is 368 g/mol. The monoisotopic (exact) mass is 398 g/mol. The molecule has 0 aromatic heterocycles. The van der Waals surface area contributed by atoms with Crippen LogP contribution < -0.4 is 0 Å². The van der Waals surface area contributed by atoms with E-state index >= 15 is 0 Å². The van der Waals surface area contributed by atoms with Crippen molar-refractivity contribution >= 4 is 17.8 Å². The molecule has 1 aromatic rings. The van der Waals surface area contributed by atoms with Gasteiger partial charge in [-0.15, -0.1) is 0 Å². The lowest BCUT2D eigenvalue weighted by Crippen LogP contribution is -2.48. The lowest BCUT2D eigenvalue weighted by Gasteiger charge is -2.39. The molecule has 2 amide bonds. The Morgan fingerprint density at radius 1 is 1.14 bits per heavy atom. The number of nitrogens with zero attached hydrogens (tertiary/aromatic N) is 2. The quantitative estimate of drug-likeness (QED) is 0.735. The molecule has 1 saturated heterocycles. The van der Waals surface area contributed by atoms with E-state index < -0.39 is 6.04 Å². The summed E-state index contributed by atoms with van der Waals surface area (Å²) in [4.78, 5) is 41.9. The number of carbonyl (C=O) groups is 3. The number of hydrogen-bond acceptors (Lipinski definition) is 4. The van der Waals surface area contributed by atoms with E-state index in [4.69, 9.17) is 4.74 Å². The molecule has 0 radical (unpaired) electrons. The number of rotatable bonds is 3. The number of amides is 2. The van der Waals surface area contributed by atoms with Crippen LogP contribution in [0, 0.1) is 5.92 Å². The first-order valence-corrected chi connectivity index (χ1v) is 10.7. The first-order chi connectivity index (χ1) is 14.0. The number of methoxy groups -OCH3 is 1. The average molecular weight is 399 g/mol. The summed E-state index contributed by atoms with van der Waals surface area (Å²) in [5.74, 6) is 0.00103. The zero-order valence-electron chi connectivity index (χ0n) is 17.3. The summed E-state index contributed by atoms with van der Waals surface area (Å²) in [6.07, 6.45) is 5.97. The number of hydrogen-bond donors (Lipinski definition) is 0. The minimum atomic E-state index is -0.495. The van der Waals surface area contributed by atoms with Gasteiger partial charge >= 0.3 is 5.97 Å². The Bertz CT molecular complexity index is 808. The largest absolute Gasteiger partial charge is 0.467 e. The van der Waals surface area contributed by atoms with E-state index in [0.717, 1.165) is 37.7 Å². The topological polar surface area (TPSA) is 66.9 Å². The van der Waals surface area contributed by atoms with E-state index in [1.54, 1.807) is 6.92 Å². The van der Waals surface area contributed by atoms with Crippen molar-refractivity contribution in [2.24, 2.45) is 5.92 Å². The summed E-state index contributed by atoms with van der Waals surface area (Å²) < 4.78 is 5.03. The Kier molecular flexibility index (Phi) is 5.61.